The Morgan fingerprint density at radius 3 is 2.21 bits per heavy atom. The van der Waals surface area contributed by atoms with Gasteiger partial charge in [0.1, 0.15) is 24.2 Å². The second-order valence-electron chi connectivity index (χ2n) is 10.9. The van der Waals surface area contributed by atoms with Gasteiger partial charge in [0.2, 0.25) is 11.8 Å². The zero-order chi connectivity index (χ0) is 33.8. The summed E-state index contributed by atoms with van der Waals surface area (Å²) in [5, 5.41) is 2.97. The van der Waals surface area contributed by atoms with E-state index in [9.17, 15) is 22.4 Å². The Kier molecular flexibility index (Phi) is 12.9. The SMILES string of the molecule is CCCCNC(=O)[C@@H](Cc1ccccc1)N(Cc1cccc(Br)c1)C(=O)CN(c1ccc(F)cc1)S(=O)(=O)c1ccc(OCC)cc1. The second-order valence-corrected chi connectivity index (χ2v) is 13.7. The van der Waals surface area contributed by atoms with Crippen molar-refractivity contribution in [3.8, 4) is 5.75 Å². The van der Waals surface area contributed by atoms with E-state index in [-0.39, 0.29) is 29.5 Å². The highest BCUT2D eigenvalue weighted by Gasteiger charge is 2.34. The van der Waals surface area contributed by atoms with Gasteiger partial charge in [-0.25, -0.2) is 12.8 Å². The number of rotatable bonds is 16. The Labute approximate surface area is 284 Å². The fourth-order valence-electron chi connectivity index (χ4n) is 5.03. The van der Waals surface area contributed by atoms with E-state index in [2.05, 4.69) is 21.2 Å². The van der Waals surface area contributed by atoms with Crippen molar-refractivity contribution in [1.82, 2.24) is 10.2 Å². The molecule has 4 aromatic rings. The third kappa shape index (κ3) is 9.89. The maximum atomic E-state index is 14.5. The molecule has 248 valence electrons. The van der Waals surface area contributed by atoms with E-state index in [1.54, 1.807) is 0 Å². The fourth-order valence-corrected chi connectivity index (χ4v) is 6.89. The molecule has 1 N–H and O–H groups in total. The Hall–Kier alpha value is -4.22. The highest BCUT2D eigenvalue weighted by atomic mass is 79.9. The van der Waals surface area contributed by atoms with Crippen LogP contribution in [0.5, 0.6) is 5.75 Å². The molecule has 0 fully saturated rings. The van der Waals surface area contributed by atoms with Gasteiger partial charge in [-0.3, -0.25) is 13.9 Å². The summed E-state index contributed by atoms with van der Waals surface area (Å²) in [5.74, 6) is -1.00. The van der Waals surface area contributed by atoms with Gasteiger partial charge >= 0.3 is 0 Å². The number of sulfonamides is 1. The molecule has 0 aliphatic rings. The Balaban J connectivity index is 1.78. The lowest BCUT2D eigenvalue weighted by atomic mass is 10.0. The summed E-state index contributed by atoms with van der Waals surface area (Å²) in [5.41, 5.74) is 1.69. The number of carbonyl (C=O) groups is 2. The van der Waals surface area contributed by atoms with Gasteiger partial charge in [-0.1, -0.05) is 71.7 Å². The van der Waals surface area contributed by atoms with Crippen LogP contribution >= 0.6 is 15.9 Å². The van der Waals surface area contributed by atoms with Crippen LogP contribution in [0.1, 0.15) is 37.8 Å². The van der Waals surface area contributed by atoms with Crippen molar-refractivity contribution in [2.75, 3.05) is 24.0 Å². The Morgan fingerprint density at radius 2 is 1.57 bits per heavy atom. The van der Waals surface area contributed by atoms with Crippen LogP contribution in [0, 0.1) is 5.82 Å². The summed E-state index contributed by atoms with van der Waals surface area (Å²) in [6.45, 7) is 4.09. The van der Waals surface area contributed by atoms with Crippen LogP contribution in [0.4, 0.5) is 10.1 Å². The van der Waals surface area contributed by atoms with E-state index in [0.29, 0.717) is 18.9 Å². The number of amides is 2. The molecule has 4 aromatic carbocycles. The van der Waals surface area contributed by atoms with Crippen molar-refractivity contribution >= 4 is 43.5 Å². The molecule has 4 rings (SSSR count). The standard InChI is InChI=1S/C36H39BrFN3O5S/c1-3-5-22-39-36(43)34(24-27-10-7-6-8-11-27)40(25-28-12-9-13-29(37)23-28)35(42)26-41(31-16-14-30(38)15-17-31)47(44,45)33-20-18-32(19-21-33)46-4-2/h6-21,23,34H,3-5,22,24-26H2,1-2H3,(H,39,43)/t34-/m1/s1. The van der Waals surface area contributed by atoms with Gasteiger partial charge in [0.05, 0.1) is 17.2 Å². The first kappa shape index (κ1) is 35.6. The van der Waals surface area contributed by atoms with Crippen LogP contribution in [0.15, 0.2) is 112 Å². The molecule has 0 heterocycles. The van der Waals surface area contributed by atoms with Crippen LogP contribution in [0.2, 0.25) is 0 Å². The maximum absolute atomic E-state index is 14.5. The van der Waals surface area contributed by atoms with Crippen molar-refractivity contribution in [2.45, 2.75) is 50.6 Å². The van der Waals surface area contributed by atoms with Crippen molar-refractivity contribution < 1.29 is 27.1 Å². The predicted octanol–water partition coefficient (Wildman–Crippen LogP) is 6.74. The Morgan fingerprint density at radius 1 is 0.894 bits per heavy atom. The van der Waals surface area contributed by atoms with Crippen LogP contribution in [-0.2, 0) is 32.6 Å². The lowest BCUT2D eigenvalue weighted by molar-refractivity contribution is -0.140. The number of hydrogen-bond donors (Lipinski definition) is 1. The van der Waals surface area contributed by atoms with Crippen molar-refractivity contribution in [3.63, 3.8) is 0 Å². The van der Waals surface area contributed by atoms with E-state index in [4.69, 9.17) is 4.74 Å². The first-order chi connectivity index (χ1) is 22.6. The average molecular weight is 725 g/mol. The first-order valence-electron chi connectivity index (χ1n) is 15.5. The molecule has 0 saturated carbocycles. The average Bonchev–Trinajstić information content (AvgIpc) is 3.06. The highest BCUT2D eigenvalue weighted by Crippen LogP contribution is 2.27. The molecule has 1 atom stereocenters. The monoisotopic (exact) mass is 723 g/mol. The molecule has 0 unspecified atom stereocenters. The van der Waals surface area contributed by atoms with Crippen LogP contribution in [-0.4, -0.2) is 50.9 Å². The Bertz CT molecular complexity index is 1720. The summed E-state index contributed by atoms with van der Waals surface area (Å²) in [7, 11) is -4.33. The van der Waals surface area contributed by atoms with E-state index in [0.717, 1.165) is 44.9 Å². The minimum atomic E-state index is -4.33. The number of benzene rings is 4. The number of nitrogens with one attached hydrogen (secondary N) is 1. The molecule has 47 heavy (non-hydrogen) atoms. The third-order valence-electron chi connectivity index (χ3n) is 7.46. The van der Waals surface area contributed by atoms with Crippen molar-refractivity contribution in [1.29, 1.82) is 0 Å². The summed E-state index contributed by atoms with van der Waals surface area (Å²) < 4.78 is 49.5. The summed E-state index contributed by atoms with van der Waals surface area (Å²) >= 11 is 3.48. The normalized spacial score (nSPS) is 11.8. The molecular formula is C36H39BrFN3O5S. The lowest BCUT2D eigenvalue weighted by Crippen LogP contribution is -2.53. The van der Waals surface area contributed by atoms with Gasteiger partial charge in [0, 0.05) is 24.0 Å². The number of ether oxygens (including phenoxy) is 1. The minimum absolute atomic E-state index is 0.0390. The topological polar surface area (TPSA) is 96.0 Å². The number of hydrogen-bond acceptors (Lipinski definition) is 5. The lowest BCUT2D eigenvalue weighted by Gasteiger charge is -2.34. The maximum Gasteiger partial charge on any atom is 0.264 e. The molecular weight excluding hydrogens is 685 g/mol. The number of anilines is 1. The van der Waals surface area contributed by atoms with Crippen molar-refractivity contribution in [3.05, 3.63) is 125 Å². The molecule has 0 aromatic heterocycles. The molecule has 2 amide bonds. The summed E-state index contributed by atoms with van der Waals surface area (Å²) in [6, 6.07) is 26.6. The summed E-state index contributed by atoms with van der Waals surface area (Å²) in [6.07, 6.45) is 1.85. The van der Waals surface area contributed by atoms with Gasteiger partial charge < -0.3 is 15.0 Å². The van der Waals surface area contributed by atoms with Crippen LogP contribution in [0.25, 0.3) is 0 Å². The van der Waals surface area contributed by atoms with Crippen LogP contribution in [0.3, 0.4) is 0 Å². The predicted molar refractivity (Wildman–Crippen MR) is 185 cm³/mol. The number of unbranched alkanes of at least 4 members (excludes halogenated alkanes) is 1. The molecule has 0 spiro atoms. The van der Waals surface area contributed by atoms with E-state index >= 15 is 0 Å². The van der Waals surface area contributed by atoms with Gasteiger partial charge in [0.15, 0.2) is 0 Å². The number of carbonyl (C=O) groups excluding carboxylic acids is 2. The zero-order valence-electron chi connectivity index (χ0n) is 26.4. The number of halogens is 2. The number of nitrogens with zero attached hydrogens (tertiary/aromatic N) is 2. The van der Waals surface area contributed by atoms with Gasteiger partial charge in [-0.05, 0) is 85.1 Å². The molecule has 0 aliphatic heterocycles. The quantitative estimate of drug-likeness (QED) is 0.129. The fraction of sp³-hybridized carbons (Fsp3) is 0.278. The summed E-state index contributed by atoms with van der Waals surface area (Å²) in [4.78, 5) is 29.7. The van der Waals surface area contributed by atoms with E-state index in [1.165, 1.54) is 41.3 Å². The molecule has 0 aliphatic carbocycles. The smallest absolute Gasteiger partial charge is 0.264 e. The molecule has 0 radical (unpaired) electrons. The van der Waals surface area contributed by atoms with Gasteiger partial charge in [-0.2, -0.15) is 0 Å². The second kappa shape index (κ2) is 17.1. The minimum Gasteiger partial charge on any atom is -0.494 e. The third-order valence-corrected chi connectivity index (χ3v) is 9.74. The van der Waals surface area contributed by atoms with E-state index < -0.39 is 34.3 Å². The zero-order valence-corrected chi connectivity index (χ0v) is 28.8. The highest BCUT2D eigenvalue weighted by molar-refractivity contribution is 9.10. The van der Waals surface area contributed by atoms with E-state index in [1.807, 2.05) is 68.4 Å². The molecule has 0 bridgehead atoms. The largest absolute Gasteiger partial charge is 0.494 e. The first-order valence-corrected chi connectivity index (χ1v) is 17.7. The molecule has 8 nitrogen and oxygen atoms in total. The van der Waals surface area contributed by atoms with Gasteiger partial charge in [0.25, 0.3) is 10.0 Å². The van der Waals surface area contributed by atoms with Crippen molar-refractivity contribution in [2.24, 2.45) is 0 Å². The van der Waals surface area contributed by atoms with Gasteiger partial charge in [-0.15, -0.1) is 0 Å². The molecule has 11 heteroatoms. The van der Waals surface area contributed by atoms with Crippen LogP contribution < -0.4 is 14.4 Å². The molecule has 0 saturated heterocycles.